The largest absolute Gasteiger partial charge is 0.372 e. The molecule has 0 aromatic carbocycles. The fourth-order valence-corrected chi connectivity index (χ4v) is 3.49. The van der Waals surface area contributed by atoms with Gasteiger partial charge in [0.1, 0.15) is 17.8 Å². The summed E-state index contributed by atoms with van der Waals surface area (Å²) in [4.78, 5) is 23.7. The number of H-pyrrole nitrogens is 1. The average Bonchev–Trinajstić information content (AvgIpc) is 3.21. The number of carbonyl (C=O) groups is 1. The number of nitrogens with two attached hydrogens (primary N) is 1. The highest BCUT2D eigenvalue weighted by Gasteiger charge is 2.37. The van der Waals surface area contributed by atoms with Crippen molar-refractivity contribution in [2.24, 2.45) is 17.6 Å². The number of rotatable bonds is 1. The van der Waals surface area contributed by atoms with Gasteiger partial charge in [-0.1, -0.05) is 6.42 Å². The van der Waals surface area contributed by atoms with Crippen LogP contribution < -0.4 is 11.1 Å². The molecular formula is C15H22N6O. The topological polar surface area (TPSA) is 99.9 Å². The Hall–Kier alpha value is -2.31. The molecule has 1 saturated carbocycles. The molecule has 0 radical (unpaired) electrons. The van der Waals surface area contributed by atoms with E-state index < -0.39 is 0 Å². The lowest BCUT2D eigenvalue weighted by Crippen LogP contribution is -2.34. The Bertz CT molecular complexity index is 642. The number of urea groups is 1. The number of nitrogens with zero attached hydrogens (tertiary/aromatic N) is 3. The molecule has 0 bridgehead atoms. The number of fused-ring (bicyclic) bond motifs is 2. The van der Waals surface area contributed by atoms with Gasteiger partial charge in [-0.05, 0) is 30.7 Å². The van der Waals surface area contributed by atoms with Crippen molar-refractivity contribution in [1.29, 1.82) is 0 Å². The Morgan fingerprint density at radius 2 is 2.09 bits per heavy atom. The molecule has 118 valence electrons. The van der Waals surface area contributed by atoms with Gasteiger partial charge in [0.05, 0.1) is 5.39 Å². The van der Waals surface area contributed by atoms with Crippen molar-refractivity contribution in [3.05, 3.63) is 18.6 Å². The van der Waals surface area contributed by atoms with Crippen molar-refractivity contribution in [2.45, 2.75) is 19.3 Å². The molecule has 4 N–H and O–H groups in total. The van der Waals surface area contributed by atoms with Gasteiger partial charge in [0.15, 0.2) is 0 Å². The lowest BCUT2D eigenvalue weighted by atomic mass is 10.0. The lowest BCUT2D eigenvalue weighted by molar-refractivity contribution is 0.215. The molecule has 2 fully saturated rings. The molecule has 7 nitrogen and oxygen atoms in total. The number of likely N-dealkylation sites (tertiary alicyclic amines) is 1. The first-order valence-corrected chi connectivity index (χ1v) is 7.69. The van der Waals surface area contributed by atoms with Gasteiger partial charge in [-0.15, -0.1) is 0 Å². The molecule has 3 heterocycles. The zero-order valence-electron chi connectivity index (χ0n) is 12.7. The fraction of sp³-hybridized carbons (Fsp3) is 0.533. The van der Waals surface area contributed by atoms with Crippen LogP contribution in [0.3, 0.4) is 0 Å². The molecule has 1 aliphatic carbocycles. The van der Waals surface area contributed by atoms with Crippen LogP contribution >= 0.6 is 0 Å². The predicted octanol–water partition coefficient (Wildman–Crippen LogP) is 1.80. The van der Waals surface area contributed by atoms with E-state index in [1.54, 1.807) is 4.90 Å². The second kappa shape index (κ2) is 6.21. The van der Waals surface area contributed by atoms with Crippen molar-refractivity contribution < 1.29 is 4.79 Å². The van der Waals surface area contributed by atoms with Crippen LogP contribution in [0.25, 0.3) is 11.0 Å². The van der Waals surface area contributed by atoms with Gasteiger partial charge >= 0.3 is 6.03 Å². The van der Waals surface area contributed by atoms with Crippen LogP contribution in [0.1, 0.15) is 19.3 Å². The summed E-state index contributed by atoms with van der Waals surface area (Å²) in [6, 6.07) is 1.71. The zero-order chi connectivity index (χ0) is 15.5. The minimum Gasteiger partial charge on any atom is -0.372 e. The number of carbonyl (C=O) groups excluding carboxylic acids is 1. The van der Waals surface area contributed by atoms with E-state index in [0.717, 1.165) is 41.8 Å². The highest BCUT2D eigenvalue weighted by molar-refractivity contribution is 5.86. The van der Waals surface area contributed by atoms with E-state index >= 15 is 0 Å². The third kappa shape index (κ3) is 2.84. The van der Waals surface area contributed by atoms with E-state index in [1.165, 1.54) is 25.6 Å². The SMILES string of the molecule is CNc1ncnc2[nH]ccc12.NC(=O)N1CC2CCCC2C1. The number of aromatic nitrogens is 3. The number of hydrogen-bond donors (Lipinski definition) is 3. The maximum absolute atomic E-state index is 10.8. The van der Waals surface area contributed by atoms with Gasteiger partial charge in [0.25, 0.3) is 0 Å². The van der Waals surface area contributed by atoms with Crippen LogP contribution in [0.15, 0.2) is 18.6 Å². The van der Waals surface area contributed by atoms with Gasteiger partial charge in [0, 0.05) is 26.3 Å². The Morgan fingerprint density at radius 3 is 2.73 bits per heavy atom. The minimum absolute atomic E-state index is 0.237. The van der Waals surface area contributed by atoms with Gasteiger partial charge < -0.3 is 20.9 Å². The molecule has 2 atom stereocenters. The van der Waals surface area contributed by atoms with Crippen molar-refractivity contribution in [2.75, 3.05) is 25.5 Å². The average molecular weight is 302 g/mol. The summed E-state index contributed by atoms with van der Waals surface area (Å²) in [5.74, 6) is 2.39. The number of nitrogens with one attached hydrogen (secondary N) is 2. The Kier molecular flexibility index (Phi) is 4.13. The van der Waals surface area contributed by atoms with Crippen molar-refractivity contribution in [1.82, 2.24) is 19.9 Å². The summed E-state index contributed by atoms with van der Waals surface area (Å²) in [5, 5.41) is 4.01. The van der Waals surface area contributed by atoms with Crippen LogP contribution in [-0.2, 0) is 0 Å². The number of anilines is 1. The highest BCUT2D eigenvalue weighted by atomic mass is 16.2. The molecule has 2 aromatic heterocycles. The van der Waals surface area contributed by atoms with Crippen LogP contribution in [0.5, 0.6) is 0 Å². The Morgan fingerprint density at radius 1 is 1.36 bits per heavy atom. The van der Waals surface area contributed by atoms with Gasteiger partial charge in [-0.25, -0.2) is 14.8 Å². The zero-order valence-corrected chi connectivity index (χ0v) is 12.7. The summed E-state index contributed by atoms with van der Waals surface area (Å²) in [6.07, 6.45) is 7.33. The van der Waals surface area contributed by atoms with Crippen molar-refractivity contribution >= 4 is 22.9 Å². The van der Waals surface area contributed by atoms with Crippen LogP contribution in [0.2, 0.25) is 0 Å². The highest BCUT2D eigenvalue weighted by Crippen LogP contribution is 2.37. The second-order valence-electron chi connectivity index (χ2n) is 5.91. The Balaban J connectivity index is 0.000000131. The van der Waals surface area contributed by atoms with Gasteiger partial charge in [0.2, 0.25) is 0 Å². The summed E-state index contributed by atoms with van der Waals surface area (Å²) in [5.41, 5.74) is 6.05. The molecule has 2 aromatic rings. The minimum atomic E-state index is -0.237. The van der Waals surface area contributed by atoms with Crippen molar-refractivity contribution in [3.63, 3.8) is 0 Å². The standard InChI is InChI=1S/C8H14N2O.C7H8N4/c9-8(11)10-4-6-2-1-3-7(6)5-10;1-8-6-5-2-3-9-7(5)11-4-10-6/h6-7H,1-5H2,(H2,9,11);2-4H,1H3,(H2,8,9,10,11). The third-order valence-corrected chi connectivity index (χ3v) is 4.63. The van der Waals surface area contributed by atoms with Crippen molar-refractivity contribution in [3.8, 4) is 0 Å². The van der Waals surface area contributed by atoms with E-state index in [4.69, 9.17) is 5.73 Å². The summed E-state index contributed by atoms with van der Waals surface area (Å²) < 4.78 is 0. The fourth-order valence-electron chi connectivity index (χ4n) is 3.49. The number of aromatic amines is 1. The molecule has 22 heavy (non-hydrogen) atoms. The molecule has 0 spiro atoms. The van der Waals surface area contributed by atoms with Crippen LogP contribution in [0, 0.1) is 11.8 Å². The summed E-state index contributed by atoms with van der Waals surface area (Å²) in [7, 11) is 1.84. The number of hydrogen-bond acceptors (Lipinski definition) is 4. The van der Waals surface area contributed by atoms with E-state index in [9.17, 15) is 4.79 Å². The molecule has 1 aliphatic heterocycles. The first-order chi connectivity index (χ1) is 10.7. The molecular weight excluding hydrogens is 280 g/mol. The second-order valence-corrected chi connectivity index (χ2v) is 5.91. The first-order valence-electron chi connectivity index (χ1n) is 7.69. The predicted molar refractivity (Wildman–Crippen MR) is 85.4 cm³/mol. The monoisotopic (exact) mass is 302 g/mol. The molecule has 4 rings (SSSR count). The number of primary amides is 1. The molecule has 2 amide bonds. The summed E-state index contributed by atoms with van der Waals surface area (Å²) in [6.45, 7) is 1.83. The third-order valence-electron chi connectivity index (χ3n) is 4.63. The molecule has 2 unspecified atom stereocenters. The van der Waals surface area contributed by atoms with E-state index in [0.29, 0.717) is 0 Å². The van der Waals surface area contributed by atoms with E-state index in [-0.39, 0.29) is 6.03 Å². The normalized spacial score (nSPS) is 23.0. The molecule has 7 heteroatoms. The van der Waals surface area contributed by atoms with E-state index in [2.05, 4.69) is 20.3 Å². The Labute approximate surface area is 129 Å². The van der Waals surface area contributed by atoms with Gasteiger partial charge in [-0.3, -0.25) is 0 Å². The summed E-state index contributed by atoms with van der Waals surface area (Å²) >= 11 is 0. The van der Waals surface area contributed by atoms with Crippen LogP contribution in [0.4, 0.5) is 10.6 Å². The van der Waals surface area contributed by atoms with Gasteiger partial charge in [-0.2, -0.15) is 0 Å². The maximum Gasteiger partial charge on any atom is 0.314 e. The first kappa shape index (κ1) is 14.6. The number of amides is 2. The van der Waals surface area contributed by atoms with E-state index in [1.807, 2.05) is 19.3 Å². The lowest BCUT2D eigenvalue weighted by Gasteiger charge is -2.12. The quantitative estimate of drug-likeness (QED) is 0.747. The smallest absolute Gasteiger partial charge is 0.314 e. The maximum atomic E-state index is 10.8. The molecule has 2 aliphatic rings. The van der Waals surface area contributed by atoms with Crippen LogP contribution in [-0.4, -0.2) is 46.0 Å². The molecule has 1 saturated heterocycles.